The van der Waals surface area contributed by atoms with Gasteiger partial charge in [0.2, 0.25) is 0 Å². The van der Waals surface area contributed by atoms with Gasteiger partial charge in [-0.15, -0.1) is 0 Å². The van der Waals surface area contributed by atoms with Gasteiger partial charge in [0.1, 0.15) is 13.2 Å². The molecule has 0 aliphatic carbocycles. The molecule has 1 aliphatic rings. The summed E-state index contributed by atoms with van der Waals surface area (Å²) >= 11 is 6.18. The number of hydrogen-bond acceptors (Lipinski definition) is 3. The van der Waals surface area contributed by atoms with Crippen molar-refractivity contribution < 1.29 is 14.6 Å². The zero-order valence-electron chi connectivity index (χ0n) is 8.50. The molecule has 1 heterocycles. The van der Waals surface area contributed by atoms with Gasteiger partial charge in [-0.25, -0.2) is 0 Å². The molecule has 1 aromatic carbocycles. The third kappa shape index (κ3) is 1.90. The van der Waals surface area contributed by atoms with Gasteiger partial charge in [-0.3, -0.25) is 0 Å². The average molecular weight is 229 g/mol. The Morgan fingerprint density at radius 1 is 1.40 bits per heavy atom. The largest absolute Gasteiger partial charge is 0.486 e. The summed E-state index contributed by atoms with van der Waals surface area (Å²) in [7, 11) is 0. The van der Waals surface area contributed by atoms with Crippen molar-refractivity contribution >= 4 is 11.6 Å². The fraction of sp³-hybridized carbons (Fsp3) is 0.455. The molecule has 1 aliphatic heterocycles. The Balaban J connectivity index is 2.43. The highest BCUT2D eigenvalue weighted by Gasteiger charge is 2.20. The van der Waals surface area contributed by atoms with Crippen LogP contribution in [0.15, 0.2) is 12.1 Å². The van der Waals surface area contributed by atoms with Crippen LogP contribution < -0.4 is 9.47 Å². The molecule has 0 amide bonds. The normalized spacial score (nSPS) is 16.2. The number of rotatable bonds is 2. The summed E-state index contributed by atoms with van der Waals surface area (Å²) in [6.07, 6.45) is 0. The first-order valence-electron chi connectivity index (χ1n) is 4.93. The number of benzene rings is 1. The predicted octanol–water partition coefficient (Wildman–Crippen LogP) is 2.21. The van der Waals surface area contributed by atoms with Crippen LogP contribution in [0.2, 0.25) is 5.02 Å². The van der Waals surface area contributed by atoms with Crippen LogP contribution in [0.5, 0.6) is 11.5 Å². The number of aliphatic hydroxyl groups excluding tert-OH is 1. The van der Waals surface area contributed by atoms with Gasteiger partial charge < -0.3 is 14.6 Å². The Hall–Kier alpha value is -0.930. The highest BCUT2D eigenvalue weighted by atomic mass is 35.5. The van der Waals surface area contributed by atoms with Gasteiger partial charge in [-0.1, -0.05) is 24.6 Å². The lowest BCUT2D eigenvalue weighted by atomic mass is 10.0. The molecular formula is C11H13ClO3. The molecule has 0 spiro atoms. The second-order valence-electron chi connectivity index (χ2n) is 3.58. The van der Waals surface area contributed by atoms with E-state index in [9.17, 15) is 0 Å². The smallest absolute Gasteiger partial charge is 0.180 e. The first-order chi connectivity index (χ1) is 7.24. The maximum Gasteiger partial charge on any atom is 0.180 e. The quantitative estimate of drug-likeness (QED) is 0.844. The Bertz CT molecular complexity index is 365. The number of aliphatic hydroxyl groups is 1. The number of fused-ring (bicyclic) bond motifs is 1. The van der Waals surface area contributed by atoms with E-state index < -0.39 is 0 Å². The predicted molar refractivity (Wildman–Crippen MR) is 57.9 cm³/mol. The Morgan fingerprint density at radius 2 is 2.13 bits per heavy atom. The van der Waals surface area contributed by atoms with Crippen LogP contribution in [0.25, 0.3) is 0 Å². The molecule has 15 heavy (non-hydrogen) atoms. The molecule has 1 atom stereocenters. The summed E-state index contributed by atoms with van der Waals surface area (Å²) in [5, 5.41) is 9.64. The first kappa shape index (κ1) is 10.6. The Kier molecular flexibility index (Phi) is 3.03. The summed E-state index contributed by atoms with van der Waals surface area (Å²) in [6, 6.07) is 3.71. The lowest BCUT2D eigenvalue weighted by Crippen LogP contribution is -2.16. The minimum absolute atomic E-state index is 0.00771. The maximum absolute atomic E-state index is 9.09. The summed E-state index contributed by atoms with van der Waals surface area (Å²) in [4.78, 5) is 0. The standard InChI is InChI=1S/C11H13ClO3/c1-7(6-13)8-2-3-9-11(10(8)12)15-5-4-14-9/h2-3,7,13H,4-6H2,1H3. The SMILES string of the molecule is CC(CO)c1ccc2c(c1Cl)OCCO2. The minimum Gasteiger partial charge on any atom is -0.486 e. The van der Waals surface area contributed by atoms with Crippen LogP contribution in [0.4, 0.5) is 0 Å². The molecule has 0 aromatic heterocycles. The van der Waals surface area contributed by atoms with Crippen molar-refractivity contribution in [3.63, 3.8) is 0 Å². The Morgan fingerprint density at radius 3 is 2.87 bits per heavy atom. The molecule has 1 unspecified atom stereocenters. The van der Waals surface area contributed by atoms with Crippen LogP contribution in [0.1, 0.15) is 18.4 Å². The second-order valence-corrected chi connectivity index (χ2v) is 3.95. The van der Waals surface area contributed by atoms with Crippen molar-refractivity contribution in [1.29, 1.82) is 0 Å². The third-order valence-corrected chi connectivity index (χ3v) is 2.87. The average Bonchev–Trinajstić information content (AvgIpc) is 2.29. The van der Waals surface area contributed by atoms with Crippen molar-refractivity contribution in [1.82, 2.24) is 0 Å². The van der Waals surface area contributed by atoms with Crippen LogP contribution in [-0.4, -0.2) is 24.9 Å². The molecule has 1 aromatic rings. The van der Waals surface area contributed by atoms with Crippen LogP contribution in [0.3, 0.4) is 0 Å². The molecule has 0 saturated heterocycles. The number of hydrogen-bond donors (Lipinski definition) is 1. The summed E-state index contributed by atoms with van der Waals surface area (Å²) in [5.41, 5.74) is 0.892. The zero-order chi connectivity index (χ0) is 10.8. The maximum atomic E-state index is 9.09. The van der Waals surface area contributed by atoms with E-state index in [0.717, 1.165) is 5.56 Å². The molecule has 0 bridgehead atoms. The zero-order valence-corrected chi connectivity index (χ0v) is 9.25. The van der Waals surface area contributed by atoms with Gasteiger partial charge in [0.25, 0.3) is 0 Å². The first-order valence-corrected chi connectivity index (χ1v) is 5.30. The van der Waals surface area contributed by atoms with Gasteiger partial charge in [-0.05, 0) is 11.6 Å². The van der Waals surface area contributed by atoms with E-state index >= 15 is 0 Å². The number of ether oxygens (including phenoxy) is 2. The van der Waals surface area contributed by atoms with Crippen molar-refractivity contribution in [2.75, 3.05) is 19.8 Å². The van der Waals surface area contributed by atoms with Gasteiger partial charge in [-0.2, -0.15) is 0 Å². The van der Waals surface area contributed by atoms with Gasteiger partial charge in [0.05, 0.1) is 5.02 Å². The van der Waals surface area contributed by atoms with Gasteiger partial charge in [0, 0.05) is 12.5 Å². The lowest BCUT2D eigenvalue weighted by molar-refractivity contribution is 0.171. The monoisotopic (exact) mass is 228 g/mol. The van der Waals surface area contributed by atoms with E-state index in [4.69, 9.17) is 26.2 Å². The molecule has 4 heteroatoms. The van der Waals surface area contributed by atoms with Crippen molar-refractivity contribution in [2.45, 2.75) is 12.8 Å². The fourth-order valence-corrected chi connectivity index (χ4v) is 1.97. The van der Waals surface area contributed by atoms with Crippen LogP contribution in [0, 0.1) is 0 Å². The summed E-state index contributed by atoms with van der Waals surface area (Å²) in [6.45, 7) is 3.05. The van der Waals surface area contributed by atoms with Gasteiger partial charge in [0.15, 0.2) is 11.5 Å². The molecular weight excluding hydrogens is 216 g/mol. The van der Waals surface area contributed by atoms with Crippen LogP contribution in [-0.2, 0) is 0 Å². The molecule has 0 radical (unpaired) electrons. The molecule has 0 saturated carbocycles. The van der Waals surface area contributed by atoms with Crippen molar-refractivity contribution in [3.8, 4) is 11.5 Å². The fourth-order valence-electron chi connectivity index (χ4n) is 1.58. The highest BCUT2D eigenvalue weighted by Crippen LogP contribution is 2.41. The minimum atomic E-state index is 0.00771. The van der Waals surface area contributed by atoms with E-state index in [1.54, 1.807) is 0 Å². The Labute approximate surface area is 93.6 Å². The van der Waals surface area contributed by atoms with Crippen molar-refractivity contribution in [2.24, 2.45) is 0 Å². The number of halogens is 1. The molecule has 1 N–H and O–H groups in total. The van der Waals surface area contributed by atoms with Crippen molar-refractivity contribution in [3.05, 3.63) is 22.7 Å². The second kappa shape index (κ2) is 4.29. The molecule has 0 fully saturated rings. The lowest BCUT2D eigenvalue weighted by Gasteiger charge is -2.22. The molecule has 2 rings (SSSR count). The van der Waals surface area contributed by atoms with E-state index in [0.29, 0.717) is 29.7 Å². The van der Waals surface area contributed by atoms with E-state index in [2.05, 4.69) is 0 Å². The summed E-state index contributed by atoms with van der Waals surface area (Å²) in [5.74, 6) is 1.29. The molecule has 82 valence electrons. The van der Waals surface area contributed by atoms with E-state index in [1.165, 1.54) is 0 Å². The summed E-state index contributed by atoms with van der Waals surface area (Å²) < 4.78 is 10.9. The van der Waals surface area contributed by atoms with Crippen LogP contribution >= 0.6 is 11.6 Å². The van der Waals surface area contributed by atoms with E-state index in [1.807, 2.05) is 19.1 Å². The third-order valence-electron chi connectivity index (χ3n) is 2.48. The van der Waals surface area contributed by atoms with E-state index in [-0.39, 0.29) is 12.5 Å². The molecule has 3 nitrogen and oxygen atoms in total. The topological polar surface area (TPSA) is 38.7 Å². The van der Waals surface area contributed by atoms with Gasteiger partial charge >= 0.3 is 0 Å². The highest BCUT2D eigenvalue weighted by molar-refractivity contribution is 6.33.